The molecule has 35 heavy (non-hydrogen) atoms. The summed E-state index contributed by atoms with van der Waals surface area (Å²) in [7, 11) is 0. The van der Waals surface area contributed by atoms with Crippen LogP contribution in [-0.2, 0) is 17.1 Å². The minimum atomic E-state index is -4.93. The molecule has 0 N–H and O–H groups in total. The molecule has 11 heteroatoms. The second-order valence-corrected chi connectivity index (χ2v) is 9.49. The van der Waals surface area contributed by atoms with Gasteiger partial charge in [0.05, 0.1) is 21.1 Å². The summed E-state index contributed by atoms with van der Waals surface area (Å²) in [5, 5.41) is 0.626. The average Bonchev–Trinajstić information content (AvgIpc) is 3.18. The van der Waals surface area contributed by atoms with Gasteiger partial charge in [0.1, 0.15) is 18.0 Å². The summed E-state index contributed by atoms with van der Waals surface area (Å²) in [6.07, 6.45) is -9.05. The third-order valence-corrected chi connectivity index (χ3v) is 7.26. The molecule has 0 aliphatic carbocycles. The molecule has 1 aromatic heterocycles. The molecule has 2 fully saturated rings. The molecule has 1 unspecified atom stereocenters. The van der Waals surface area contributed by atoms with Gasteiger partial charge in [0.2, 0.25) is 0 Å². The van der Waals surface area contributed by atoms with Crippen molar-refractivity contribution >= 4 is 34.1 Å². The topological polar surface area (TPSA) is 25.4 Å². The molecule has 2 saturated heterocycles. The summed E-state index contributed by atoms with van der Waals surface area (Å²) in [5.74, 6) is 0. The van der Waals surface area contributed by atoms with E-state index in [4.69, 9.17) is 27.9 Å². The molecule has 0 bridgehead atoms. The molecular weight excluding hydrogens is 517 g/mol. The first-order chi connectivity index (χ1) is 16.4. The van der Waals surface area contributed by atoms with Crippen LogP contribution >= 0.6 is 23.2 Å². The predicted octanol–water partition coefficient (Wildman–Crippen LogP) is 8.20. The summed E-state index contributed by atoms with van der Waals surface area (Å²) in [6, 6.07) is 8.72. The lowest BCUT2D eigenvalue weighted by atomic mass is 9.91. The van der Waals surface area contributed by atoms with Gasteiger partial charge in [-0.2, -0.15) is 26.3 Å². The number of halogens is 8. The molecule has 0 saturated carbocycles. The number of para-hydroxylation sites is 1. The summed E-state index contributed by atoms with van der Waals surface area (Å²) in [6.45, 7) is 0.620. The monoisotopic (exact) mass is 534 g/mol. The Morgan fingerprint density at radius 2 is 1.69 bits per heavy atom. The van der Waals surface area contributed by atoms with Crippen molar-refractivity contribution in [3.63, 3.8) is 0 Å². The van der Waals surface area contributed by atoms with Crippen LogP contribution in [0.1, 0.15) is 54.0 Å². The highest BCUT2D eigenvalue weighted by atomic mass is 35.5. The number of piperidine rings is 1. The third kappa shape index (κ3) is 4.48. The zero-order valence-electron chi connectivity index (χ0n) is 17.9. The lowest BCUT2D eigenvalue weighted by Crippen LogP contribution is -2.38. The first-order valence-corrected chi connectivity index (χ1v) is 11.6. The van der Waals surface area contributed by atoms with Crippen LogP contribution in [0.15, 0.2) is 42.5 Å². The van der Waals surface area contributed by atoms with Crippen molar-refractivity contribution in [2.75, 3.05) is 6.54 Å². The number of fused-ring (bicyclic) bond motifs is 2. The molecule has 2 aliphatic rings. The molecule has 3 heterocycles. The molecular formula is C24H18Cl2F6N2O. The van der Waals surface area contributed by atoms with Gasteiger partial charge in [0, 0.05) is 18.0 Å². The Bertz CT molecular complexity index is 1280. The predicted molar refractivity (Wildman–Crippen MR) is 119 cm³/mol. The van der Waals surface area contributed by atoms with E-state index in [0.29, 0.717) is 28.6 Å². The van der Waals surface area contributed by atoms with Gasteiger partial charge >= 0.3 is 12.4 Å². The molecule has 3 aromatic rings. The fourth-order valence-electron chi connectivity index (χ4n) is 5.00. The Balaban J connectivity index is 1.69. The van der Waals surface area contributed by atoms with Gasteiger partial charge in [-0.1, -0.05) is 47.8 Å². The van der Waals surface area contributed by atoms with E-state index in [-0.39, 0.29) is 17.0 Å². The van der Waals surface area contributed by atoms with E-state index >= 15 is 0 Å². The van der Waals surface area contributed by atoms with Crippen molar-refractivity contribution in [2.45, 2.75) is 50.0 Å². The van der Waals surface area contributed by atoms with Crippen LogP contribution in [0.3, 0.4) is 0 Å². The Morgan fingerprint density at radius 1 is 0.914 bits per heavy atom. The first-order valence-electron chi connectivity index (χ1n) is 10.9. The molecule has 0 spiro atoms. The Labute approximate surface area is 206 Å². The molecule has 2 aromatic carbocycles. The number of ether oxygens (including phenoxy) is 1. The highest BCUT2D eigenvalue weighted by molar-refractivity contribution is 6.42. The zero-order chi connectivity index (χ0) is 25.1. The average molecular weight is 535 g/mol. The maximum atomic E-state index is 13.7. The number of alkyl halides is 6. The second-order valence-electron chi connectivity index (χ2n) is 8.68. The fourth-order valence-corrected chi connectivity index (χ4v) is 5.31. The Morgan fingerprint density at radius 3 is 2.37 bits per heavy atom. The Hall–Kier alpha value is -2.07. The van der Waals surface area contributed by atoms with Gasteiger partial charge in [0.15, 0.2) is 0 Å². The van der Waals surface area contributed by atoms with Crippen molar-refractivity contribution in [1.29, 1.82) is 0 Å². The van der Waals surface area contributed by atoms with Crippen molar-refractivity contribution < 1.29 is 31.1 Å². The van der Waals surface area contributed by atoms with E-state index in [1.807, 2.05) is 4.90 Å². The minimum absolute atomic E-state index is 0.0156. The lowest BCUT2D eigenvalue weighted by Gasteiger charge is -2.33. The van der Waals surface area contributed by atoms with E-state index < -0.39 is 41.5 Å². The summed E-state index contributed by atoms with van der Waals surface area (Å²) >= 11 is 12.2. The second kappa shape index (κ2) is 8.80. The smallest absolute Gasteiger partial charge is 0.349 e. The van der Waals surface area contributed by atoms with Crippen LogP contribution in [0.5, 0.6) is 0 Å². The number of hydrogen-bond donors (Lipinski definition) is 0. The third-order valence-electron chi connectivity index (χ3n) is 6.52. The van der Waals surface area contributed by atoms with E-state index in [1.165, 1.54) is 12.1 Å². The molecule has 5 rings (SSSR count). The highest BCUT2D eigenvalue weighted by Crippen LogP contribution is 2.49. The van der Waals surface area contributed by atoms with Crippen molar-refractivity contribution in [1.82, 2.24) is 9.88 Å². The molecule has 2 aliphatic heterocycles. The van der Waals surface area contributed by atoms with Gasteiger partial charge in [-0.15, -0.1) is 0 Å². The highest BCUT2D eigenvalue weighted by Gasteiger charge is 2.46. The summed E-state index contributed by atoms with van der Waals surface area (Å²) in [5.41, 5.74) is -2.65. The van der Waals surface area contributed by atoms with Gasteiger partial charge in [-0.05, 0) is 48.2 Å². The molecule has 3 nitrogen and oxygen atoms in total. The van der Waals surface area contributed by atoms with Crippen molar-refractivity contribution in [3.05, 3.63) is 74.9 Å². The van der Waals surface area contributed by atoms with Gasteiger partial charge < -0.3 is 4.74 Å². The van der Waals surface area contributed by atoms with Gasteiger partial charge in [0.25, 0.3) is 0 Å². The normalized spacial score (nSPS) is 23.6. The van der Waals surface area contributed by atoms with Crippen molar-refractivity contribution in [3.8, 4) is 0 Å². The SMILES string of the molecule is FC(F)(F)c1cc([C@@H]2OC(c3ccc(Cl)c(Cl)c3)N3CCCC[C@H]23)c2cccc(C(F)(F)F)c2n1. The number of rotatable bonds is 2. The van der Waals surface area contributed by atoms with Crippen LogP contribution < -0.4 is 0 Å². The van der Waals surface area contributed by atoms with E-state index in [0.717, 1.165) is 25.0 Å². The molecule has 186 valence electrons. The fraction of sp³-hybridized carbons (Fsp3) is 0.375. The number of hydrogen-bond acceptors (Lipinski definition) is 3. The van der Waals surface area contributed by atoms with Crippen LogP contribution in [0.4, 0.5) is 26.3 Å². The number of pyridine rings is 1. The summed E-state index contributed by atoms with van der Waals surface area (Å²) in [4.78, 5) is 5.43. The van der Waals surface area contributed by atoms with Crippen LogP contribution in [0.25, 0.3) is 10.9 Å². The first kappa shape index (κ1) is 24.6. The van der Waals surface area contributed by atoms with Gasteiger partial charge in [-0.3, -0.25) is 4.90 Å². The summed E-state index contributed by atoms with van der Waals surface area (Å²) < 4.78 is 88.6. The maximum Gasteiger partial charge on any atom is 0.433 e. The van der Waals surface area contributed by atoms with Crippen LogP contribution in [-0.4, -0.2) is 22.5 Å². The van der Waals surface area contributed by atoms with Gasteiger partial charge in [-0.25, -0.2) is 4.98 Å². The standard InChI is InChI=1S/C24H18Cl2F6N2O/c25-16-8-7-12(10-17(16)26)22-34-9-2-1-6-18(34)21(35-22)14-11-19(24(30,31)32)33-20-13(14)4-3-5-15(20)23(27,28)29/h3-5,7-8,10-11,18,21-22H,1-2,6,9H2/t18-,21+,22?/m1/s1. The zero-order valence-corrected chi connectivity index (χ0v) is 19.4. The molecule has 0 radical (unpaired) electrons. The van der Waals surface area contributed by atoms with E-state index in [1.54, 1.807) is 18.2 Å². The number of benzene rings is 2. The number of nitrogens with zero attached hydrogens (tertiary/aromatic N) is 2. The Kier molecular flexibility index (Phi) is 6.19. The molecule has 0 amide bonds. The van der Waals surface area contributed by atoms with Crippen LogP contribution in [0.2, 0.25) is 10.0 Å². The van der Waals surface area contributed by atoms with Crippen LogP contribution in [0, 0.1) is 0 Å². The largest absolute Gasteiger partial charge is 0.433 e. The minimum Gasteiger partial charge on any atom is -0.349 e. The van der Waals surface area contributed by atoms with E-state index in [2.05, 4.69) is 4.98 Å². The lowest BCUT2D eigenvalue weighted by molar-refractivity contribution is -0.142. The number of aromatic nitrogens is 1. The molecule has 3 atom stereocenters. The maximum absolute atomic E-state index is 13.7. The van der Waals surface area contributed by atoms with E-state index in [9.17, 15) is 26.3 Å². The quantitative estimate of drug-likeness (QED) is 0.310. The van der Waals surface area contributed by atoms with Crippen molar-refractivity contribution in [2.24, 2.45) is 0 Å².